The van der Waals surface area contributed by atoms with Crippen molar-refractivity contribution in [3.05, 3.63) is 89.5 Å². The Labute approximate surface area is 163 Å². The molecule has 0 unspecified atom stereocenters. The standard InChI is InChI=1S/C21H14F3NO4/c22-21(23,24)14-8-6-13(7-9-14)19(26)25-18-12-16(10-11-17(18)20(27)28)29-15-4-2-1-3-5-15/h1-12H,(H,25,26)(H,27,28). The molecule has 0 saturated heterocycles. The molecule has 2 N–H and O–H groups in total. The largest absolute Gasteiger partial charge is 0.478 e. The van der Waals surface area contributed by atoms with Gasteiger partial charge in [0, 0.05) is 11.6 Å². The van der Waals surface area contributed by atoms with Crippen LogP contribution in [0.5, 0.6) is 11.5 Å². The maximum atomic E-state index is 12.7. The number of carboxylic acid groups (broad SMARTS) is 1. The van der Waals surface area contributed by atoms with E-state index in [4.69, 9.17) is 4.74 Å². The minimum atomic E-state index is -4.52. The maximum absolute atomic E-state index is 12.7. The Morgan fingerprint density at radius 2 is 1.52 bits per heavy atom. The highest BCUT2D eigenvalue weighted by Crippen LogP contribution is 2.30. The zero-order valence-corrected chi connectivity index (χ0v) is 14.7. The summed E-state index contributed by atoms with van der Waals surface area (Å²) in [6, 6.07) is 16.3. The number of alkyl halides is 3. The van der Waals surface area contributed by atoms with E-state index in [2.05, 4.69) is 5.32 Å². The van der Waals surface area contributed by atoms with Crippen molar-refractivity contribution in [3.63, 3.8) is 0 Å². The van der Waals surface area contributed by atoms with E-state index in [1.165, 1.54) is 18.2 Å². The molecule has 0 aliphatic rings. The van der Waals surface area contributed by atoms with Crippen molar-refractivity contribution in [2.24, 2.45) is 0 Å². The number of aromatic carboxylic acids is 1. The summed E-state index contributed by atoms with van der Waals surface area (Å²) in [5.74, 6) is -1.24. The fraction of sp³-hybridized carbons (Fsp3) is 0.0476. The molecule has 1 amide bonds. The molecule has 3 aromatic rings. The van der Waals surface area contributed by atoms with Gasteiger partial charge in [-0.25, -0.2) is 4.79 Å². The second-order valence-electron chi connectivity index (χ2n) is 5.96. The highest BCUT2D eigenvalue weighted by molar-refractivity contribution is 6.07. The molecule has 0 aromatic heterocycles. The summed E-state index contributed by atoms with van der Waals surface area (Å²) in [7, 11) is 0. The molecule has 0 atom stereocenters. The van der Waals surface area contributed by atoms with Crippen molar-refractivity contribution < 1.29 is 32.6 Å². The summed E-state index contributed by atoms with van der Waals surface area (Å²) >= 11 is 0. The monoisotopic (exact) mass is 401 g/mol. The predicted molar refractivity (Wildman–Crippen MR) is 99.3 cm³/mol. The van der Waals surface area contributed by atoms with Crippen LogP contribution in [0.4, 0.5) is 18.9 Å². The van der Waals surface area contributed by atoms with Crippen LogP contribution in [0.25, 0.3) is 0 Å². The average Bonchev–Trinajstić information content (AvgIpc) is 2.68. The van der Waals surface area contributed by atoms with Gasteiger partial charge in [0.1, 0.15) is 11.5 Å². The zero-order chi connectivity index (χ0) is 21.0. The highest BCUT2D eigenvalue weighted by atomic mass is 19.4. The molecule has 0 saturated carbocycles. The number of nitrogens with one attached hydrogen (secondary N) is 1. The Hall–Kier alpha value is -3.81. The molecule has 0 fully saturated rings. The summed E-state index contributed by atoms with van der Waals surface area (Å²) in [5.41, 5.74) is -1.18. The summed E-state index contributed by atoms with van der Waals surface area (Å²) < 4.78 is 43.6. The average molecular weight is 401 g/mol. The Morgan fingerprint density at radius 1 is 0.862 bits per heavy atom. The third-order valence-corrected chi connectivity index (χ3v) is 3.92. The van der Waals surface area contributed by atoms with Gasteiger partial charge in [-0.3, -0.25) is 4.79 Å². The number of hydrogen-bond acceptors (Lipinski definition) is 3. The van der Waals surface area contributed by atoms with E-state index in [1.807, 2.05) is 0 Å². The van der Waals surface area contributed by atoms with Gasteiger partial charge >= 0.3 is 12.1 Å². The highest BCUT2D eigenvalue weighted by Gasteiger charge is 2.30. The van der Waals surface area contributed by atoms with E-state index in [-0.39, 0.29) is 22.6 Å². The van der Waals surface area contributed by atoms with Crippen LogP contribution in [-0.2, 0) is 6.18 Å². The smallest absolute Gasteiger partial charge is 0.416 e. The summed E-state index contributed by atoms with van der Waals surface area (Å²) in [4.78, 5) is 23.8. The van der Waals surface area contributed by atoms with Crippen molar-refractivity contribution in [1.82, 2.24) is 0 Å². The number of rotatable bonds is 5. The van der Waals surface area contributed by atoms with E-state index in [0.29, 0.717) is 5.75 Å². The van der Waals surface area contributed by atoms with Gasteiger partial charge in [0.2, 0.25) is 0 Å². The van der Waals surface area contributed by atoms with Crippen LogP contribution in [0.2, 0.25) is 0 Å². The molecule has 0 bridgehead atoms. The Kier molecular flexibility index (Phi) is 5.54. The topological polar surface area (TPSA) is 75.6 Å². The molecule has 0 spiro atoms. The third kappa shape index (κ3) is 4.92. The normalized spacial score (nSPS) is 11.0. The Bertz CT molecular complexity index is 1030. The summed E-state index contributed by atoms with van der Waals surface area (Å²) in [5, 5.41) is 11.8. The van der Waals surface area contributed by atoms with Gasteiger partial charge in [-0.1, -0.05) is 18.2 Å². The number of carbonyl (C=O) groups excluding carboxylic acids is 1. The molecule has 8 heteroatoms. The molecule has 3 aromatic carbocycles. The molecule has 0 radical (unpaired) electrons. The second-order valence-corrected chi connectivity index (χ2v) is 5.96. The van der Waals surface area contributed by atoms with Gasteiger partial charge in [-0.05, 0) is 48.5 Å². The molecular weight excluding hydrogens is 387 g/mol. The zero-order valence-electron chi connectivity index (χ0n) is 14.7. The number of amides is 1. The van der Waals surface area contributed by atoms with E-state index in [0.717, 1.165) is 24.3 Å². The summed E-state index contributed by atoms with van der Waals surface area (Å²) in [6.07, 6.45) is -4.52. The molecule has 0 aliphatic heterocycles. The van der Waals surface area contributed by atoms with Crippen LogP contribution in [0, 0.1) is 0 Å². The van der Waals surface area contributed by atoms with Crippen molar-refractivity contribution >= 4 is 17.6 Å². The van der Waals surface area contributed by atoms with Crippen LogP contribution in [0.3, 0.4) is 0 Å². The molecule has 148 valence electrons. The number of carboxylic acids is 1. The lowest BCUT2D eigenvalue weighted by atomic mass is 10.1. The molecular formula is C21H14F3NO4. The number of halogens is 3. The second kappa shape index (κ2) is 8.05. The van der Waals surface area contributed by atoms with Gasteiger partial charge in [-0.15, -0.1) is 0 Å². The van der Waals surface area contributed by atoms with E-state index < -0.39 is 23.6 Å². The lowest BCUT2D eigenvalue weighted by Gasteiger charge is -2.12. The van der Waals surface area contributed by atoms with Crippen molar-refractivity contribution in [2.75, 3.05) is 5.32 Å². The number of carbonyl (C=O) groups is 2. The molecule has 29 heavy (non-hydrogen) atoms. The first-order chi connectivity index (χ1) is 13.7. The number of hydrogen-bond donors (Lipinski definition) is 2. The van der Waals surface area contributed by atoms with Gasteiger partial charge in [0.25, 0.3) is 5.91 Å². The van der Waals surface area contributed by atoms with Gasteiger partial charge in [0.15, 0.2) is 0 Å². The number of anilines is 1. The molecule has 5 nitrogen and oxygen atoms in total. The van der Waals surface area contributed by atoms with Crippen molar-refractivity contribution in [1.29, 1.82) is 0 Å². The SMILES string of the molecule is O=C(Nc1cc(Oc2ccccc2)ccc1C(=O)O)c1ccc(C(F)(F)F)cc1. The van der Waals surface area contributed by atoms with Gasteiger partial charge < -0.3 is 15.2 Å². The predicted octanol–water partition coefficient (Wildman–Crippen LogP) is 5.45. The minimum Gasteiger partial charge on any atom is -0.478 e. The fourth-order valence-corrected chi connectivity index (χ4v) is 2.51. The van der Waals surface area contributed by atoms with Crippen LogP contribution in [0.15, 0.2) is 72.8 Å². The first kappa shape index (κ1) is 19.9. The Balaban J connectivity index is 1.85. The van der Waals surface area contributed by atoms with Crippen LogP contribution < -0.4 is 10.1 Å². The lowest BCUT2D eigenvalue weighted by molar-refractivity contribution is -0.137. The quantitative estimate of drug-likeness (QED) is 0.596. The van der Waals surface area contributed by atoms with Crippen molar-refractivity contribution in [2.45, 2.75) is 6.18 Å². The third-order valence-electron chi connectivity index (χ3n) is 3.92. The molecule has 3 rings (SSSR count). The van der Waals surface area contributed by atoms with E-state index in [1.54, 1.807) is 30.3 Å². The van der Waals surface area contributed by atoms with Crippen LogP contribution in [0.1, 0.15) is 26.3 Å². The Morgan fingerprint density at radius 3 is 2.10 bits per heavy atom. The van der Waals surface area contributed by atoms with E-state index in [9.17, 15) is 27.9 Å². The number of ether oxygens (including phenoxy) is 1. The number of para-hydroxylation sites is 1. The molecule has 0 aliphatic carbocycles. The number of benzene rings is 3. The first-order valence-electron chi connectivity index (χ1n) is 8.33. The van der Waals surface area contributed by atoms with Crippen molar-refractivity contribution in [3.8, 4) is 11.5 Å². The molecule has 0 heterocycles. The maximum Gasteiger partial charge on any atom is 0.416 e. The van der Waals surface area contributed by atoms with Gasteiger partial charge in [0.05, 0.1) is 16.8 Å². The van der Waals surface area contributed by atoms with E-state index >= 15 is 0 Å². The first-order valence-corrected chi connectivity index (χ1v) is 8.33. The van der Waals surface area contributed by atoms with Gasteiger partial charge in [-0.2, -0.15) is 13.2 Å². The fourth-order valence-electron chi connectivity index (χ4n) is 2.51. The lowest BCUT2D eigenvalue weighted by Crippen LogP contribution is -2.15. The summed E-state index contributed by atoms with van der Waals surface area (Å²) in [6.45, 7) is 0. The van der Waals surface area contributed by atoms with Crippen LogP contribution in [-0.4, -0.2) is 17.0 Å². The minimum absolute atomic E-state index is 0.0455. The van der Waals surface area contributed by atoms with Crippen LogP contribution >= 0.6 is 0 Å².